The SMILES string of the molecule is Cc1ccc(C)c(OCc2cccc(C(=O)NCCCn3nc(C(F)(F)F)cc3C3CC3)c2)c1. The molecule has 0 atom stereocenters. The molecule has 0 aliphatic heterocycles. The van der Waals surface area contributed by atoms with Gasteiger partial charge in [0.1, 0.15) is 12.4 Å². The first-order valence-electron chi connectivity index (χ1n) is 11.4. The average molecular weight is 472 g/mol. The molecule has 0 bridgehead atoms. The highest BCUT2D eigenvalue weighted by Crippen LogP contribution is 2.42. The van der Waals surface area contributed by atoms with Crippen molar-refractivity contribution in [1.82, 2.24) is 15.1 Å². The molecule has 5 nitrogen and oxygen atoms in total. The van der Waals surface area contributed by atoms with E-state index in [1.165, 1.54) is 4.68 Å². The predicted molar refractivity (Wildman–Crippen MR) is 123 cm³/mol. The molecule has 0 radical (unpaired) electrons. The van der Waals surface area contributed by atoms with Crippen LogP contribution in [0.5, 0.6) is 5.75 Å². The summed E-state index contributed by atoms with van der Waals surface area (Å²) < 4.78 is 46.4. The molecule has 1 heterocycles. The average Bonchev–Trinajstić information content (AvgIpc) is 3.55. The van der Waals surface area contributed by atoms with Crippen LogP contribution in [0.1, 0.15) is 63.6 Å². The minimum Gasteiger partial charge on any atom is -0.489 e. The van der Waals surface area contributed by atoms with Crippen LogP contribution in [-0.4, -0.2) is 22.2 Å². The molecule has 1 N–H and O–H groups in total. The lowest BCUT2D eigenvalue weighted by Gasteiger charge is -2.11. The number of amides is 1. The second kappa shape index (κ2) is 9.91. The van der Waals surface area contributed by atoms with E-state index >= 15 is 0 Å². The highest BCUT2D eigenvalue weighted by atomic mass is 19.4. The fraction of sp³-hybridized carbons (Fsp3) is 0.385. The van der Waals surface area contributed by atoms with Gasteiger partial charge in [-0.05, 0) is 74.1 Å². The fourth-order valence-corrected chi connectivity index (χ4v) is 3.82. The highest BCUT2D eigenvalue weighted by Gasteiger charge is 2.37. The van der Waals surface area contributed by atoms with Gasteiger partial charge in [0.25, 0.3) is 5.91 Å². The Morgan fingerprint density at radius 1 is 1.15 bits per heavy atom. The van der Waals surface area contributed by atoms with Crippen molar-refractivity contribution in [3.63, 3.8) is 0 Å². The molecule has 1 aromatic heterocycles. The van der Waals surface area contributed by atoms with Crippen molar-refractivity contribution >= 4 is 5.91 Å². The van der Waals surface area contributed by atoms with Gasteiger partial charge >= 0.3 is 6.18 Å². The van der Waals surface area contributed by atoms with Crippen molar-refractivity contribution in [2.45, 2.75) is 58.4 Å². The van der Waals surface area contributed by atoms with E-state index < -0.39 is 11.9 Å². The Balaban J connectivity index is 1.29. The molecule has 1 amide bonds. The number of hydrogen-bond acceptors (Lipinski definition) is 3. The van der Waals surface area contributed by atoms with E-state index in [1.807, 2.05) is 38.1 Å². The lowest BCUT2D eigenvalue weighted by atomic mass is 10.1. The molecule has 34 heavy (non-hydrogen) atoms. The quantitative estimate of drug-likeness (QED) is 0.402. The molecule has 1 aliphatic rings. The number of carbonyl (C=O) groups is 1. The van der Waals surface area contributed by atoms with Crippen LogP contribution in [0.2, 0.25) is 0 Å². The minimum absolute atomic E-state index is 0.159. The van der Waals surface area contributed by atoms with E-state index in [9.17, 15) is 18.0 Å². The van der Waals surface area contributed by atoms with Gasteiger partial charge in [-0.3, -0.25) is 9.48 Å². The Kier molecular flexibility index (Phi) is 6.95. The molecule has 0 saturated heterocycles. The Morgan fingerprint density at radius 2 is 1.94 bits per heavy atom. The number of halogens is 3. The van der Waals surface area contributed by atoms with Crippen LogP contribution in [0, 0.1) is 13.8 Å². The molecule has 0 unspecified atom stereocenters. The molecular weight excluding hydrogens is 443 g/mol. The second-order valence-electron chi connectivity index (χ2n) is 8.82. The monoisotopic (exact) mass is 471 g/mol. The number of nitrogens with one attached hydrogen (secondary N) is 1. The zero-order valence-electron chi connectivity index (χ0n) is 19.3. The molecule has 3 aromatic rings. The second-order valence-corrected chi connectivity index (χ2v) is 8.82. The number of ether oxygens (including phenoxy) is 1. The maximum atomic E-state index is 13.0. The maximum absolute atomic E-state index is 13.0. The van der Waals surface area contributed by atoms with Gasteiger partial charge in [-0.25, -0.2) is 0 Å². The number of rotatable bonds is 9. The summed E-state index contributed by atoms with van der Waals surface area (Å²) in [6.45, 7) is 5.00. The number of aryl methyl sites for hydroxylation is 3. The largest absolute Gasteiger partial charge is 0.489 e. The van der Waals surface area contributed by atoms with Gasteiger partial charge in [0, 0.05) is 30.3 Å². The van der Waals surface area contributed by atoms with Gasteiger partial charge < -0.3 is 10.1 Å². The van der Waals surface area contributed by atoms with E-state index in [4.69, 9.17) is 4.74 Å². The Bertz CT molecular complexity index is 1170. The van der Waals surface area contributed by atoms with E-state index in [1.54, 1.807) is 18.2 Å². The zero-order valence-corrected chi connectivity index (χ0v) is 19.3. The van der Waals surface area contributed by atoms with E-state index in [0.717, 1.165) is 41.3 Å². The number of aromatic nitrogens is 2. The van der Waals surface area contributed by atoms with Gasteiger partial charge in [-0.2, -0.15) is 18.3 Å². The van der Waals surface area contributed by atoms with Crippen molar-refractivity contribution in [1.29, 1.82) is 0 Å². The molecule has 0 spiro atoms. The summed E-state index contributed by atoms with van der Waals surface area (Å²) in [7, 11) is 0. The molecule has 1 fully saturated rings. The third-order valence-electron chi connectivity index (χ3n) is 5.86. The molecule has 2 aromatic carbocycles. The molecule has 1 aliphatic carbocycles. The van der Waals surface area contributed by atoms with Gasteiger partial charge in [0.15, 0.2) is 5.69 Å². The number of carbonyl (C=O) groups excluding carboxylic acids is 1. The van der Waals surface area contributed by atoms with Crippen molar-refractivity contribution in [2.24, 2.45) is 0 Å². The van der Waals surface area contributed by atoms with E-state index in [-0.39, 0.29) is 11.8 Å². The summed E-state index contributed by atoms with van der Waals surface area (Å²) in [5.41, 5.74) is 3.33. The Hall–Kier alpha value is -3.29. The van der Waals surface area contributed by atoms with Crippen LogP contribution in [-0.2, 0) is 19.3 Å². The van der Waals surface area contributed by atoms with Gasteiger partial charge in [-0.15, -0.1) is 0 Å². The van der Waals surface area contributed by atoms with Crippen LogP contribution in [0.3, 0.4) is 0 Å². The van der Waals surface area contributed by atoms with Crippen LogP contribution >= 0.6 is 0 Å². The minimum atomic E-state index is -4.45. The first-order valence-corrected chi connectivity index (χ1v) is 11.4. The van der Waals surface area contributed by atoms with Gasteiger partial charge in [-0.1, -0.05) is 24.3 Å². The summed E-state index contributed by atoms with van der Waals surface area (Å²) in [4.78, 5) is 12.6. The van der Waals surface area contributed by atoms with Gasteiger partial charge in [0.2, 0.25) is 0 Å². The number of hydrogen-bond donors (Lipinski definition) is 1. The smallest absolute Gasteiger partial charge is 0.435 e. The number of nitrogens with zero attached hydrogens (tertiary/aromatic N) is 2. The van der Waals surface area contributed by atoms with Crippen LogP contribution < -0.4 is 10.1 Å². The topological polar surface area (TPSA) is 56.1 Å². The van der Waals surface area contributed by atoms with Crippen molar-refractivity contribution < 1.29 is 22.7 Å². The lowest BCUT2D eigenvalue weighted by molar-refractivity contribution is -0.141. The van der Waals surface area contributed by atoms with Crippen molar-refractivity contribution in [3.8, 4) is 5.75 Å². The molecule has 8 heteroatoms. The zero-order chi connectivity index (χ0) is 24.3. The Morgan fingerprint density at radius 3 is 2.68 bits per heavy atom. The summed E-state index contributed by atoms with van der Waals surface area (Å²) in [5, 5.41) is 6.60. The van der Waals surface area contributed by atoms with Crippen molar-refractivity contribution in [2.75, 3.05) is 6.54 Å². The van der Waals surface area contributed by atoms with Crippen molar-refractivity contribution in [3.05, 3.63) is 82.2 Å². The molecule has 180 valence electrons. The van der Waals surface area contributed by atoms with E-state index in [0.29, 0.717) is 37.4 Å². The first kappa shape index (κ1) is 23.9. The predicted octanol–water partition coefficient (Wildman–Crippen LogP) is 5.80. The normalized spacial score (nSPS) is 13.7. The lowest BCUT2D eigenvalue weighted by Crippen LogP contribution is -2.25. The number of alkyl halides is 3. The summed E-state index contributed by atoms with van der Waals surface area (Å²) >= 11 is 0. The molecular formula is C26H28F3N3O2. The number of benzene rings is 2. The Labute approximate surface area is 196 Å². The standard InChI is InChI=1S/C26H28F3N3O2/c1-17-7-8-18(2)23(13-17)34-16-19-5-3-6-21(14-19)25(33)30-11-4-12-32-22(20-9-10-20)15-24(31-32)26(27,28)29/h3,5-8,13-15,20H,4,9-12,16H2,1-2H3,(H,30,33). The van der Waals surface area contributed by atoms with Crippen LogP contribution in [0.15, 0.2) is 48.5 Å². The third kappa shape index (κ3) is 5.98. The summed E-state index contributed by atoms with van der Waals surface area (Å²) in [5.74, 6) is 0.743. The first-order chi connectivity index (χ1) is 16.2. The molecule has 4 rings (SSSR count). The molecule has 1 saturated carbocycles. The van der Waals surface area contributed by atoms with Crippen LogP contribution in [0.25, 0.3) is 0 Å². The van der Waals surface area contributed by atoms with E-state index in [2.05, 4.69) is 10.4 Å². The van der Waals surface area contributed by atoms with Crippen LogP contribution in [0.4, 0.5) is 13.2 Å². The highest BCUT2D eigenvalue weighted by molar-refractivity contribution is 5.94. The summed E-state index contributed by atoms with van der Waals surface area (Å²) in [6.07, 6.45) is -2.18. The maximum Gasteiger partial charge on any atom is 0.435 e. The summed E-state index contributed by atoms with van der Waals surface area (Å²) in [6, 6.07) is 14.4. The third-order valence-corrected chi connectivity index (χ3v) is 5.86. The van der Waals surface area contributed by atoms with Gasteiger partial charge in [0.05, 0.1) is 0 Å². The fourth-order valence-electron chi connectivity index (χ4n) is 3.82.